The highest BCUT2D eigenvalue weighted by molar-refractivity contribution is 7.09. The van der Waals surface area contributed by atoms with Gasteiger partial charge >= 0.3 is 0 Å². The van der Waals surface area contributed by atoms with Crippen molar-refractivity contribution in [2.75, 3.05) is 13.1 Å². The van der Waals surface area contributed by atoms with E-state index in [0.717, 1.165) is 30.3 Å². The highest BCUT2D eigenvalue weighted by atomic mass is 32.1. The van der Waals surface area contributed by atoms with Crippen molar-refractivity contribution >= 4 is 33.9 Å². The molecule has 1 aliphatic heterocycles. The Hall–Kier alpha value is -2.50. The van der Waals surface area contributed by atoms with Gasteiger partial charge in [0.25, 0.3) is 11.8 Å². The lowest BCUT2D eigenvalue weighted by molar-refractivity contribution is 0.0609. The van der Waals surface area contributed by atoms with Gasteiger partial charge in [0.05, 0.1) is 0 Å². The first-order valence-corrected chi connectivity index (χ1v) is 9.25. The first-order valence-electron chi connectivity index (χ1n) is 8.37. The Labute approximate surface area is 150 Å². The average molecular weight is 350 g/mol. The molecular formula is C20H18N2O2S. The maximum Gasteiger partial charge on any atom is 0.261 e. The van der Waals surface area contributed by atoms with E-state index in [9.17, 15) is 9.59 Å². The summed E-state index contributed by atoms with van der Waals surface area (Å²) in [4.78, 5) is 28.2. The summed E-state index contributed by atoms with van der Waals surface area (Å²) in [5, 5.41) is 7.14. The molecule has 2 heterocycles. The van der Waals surface area contributed by atoms with Gasteiger partial charge < -0.3 is 5.32 Å². The molecular weight excluding hydrogens is 332 g/mol. The van der Waals surface area contributed by atoms with Crippen LogP contribution in [0, 0.1) is 0 Å². The molecule has 4 nitrogen and oxygen atoms in total. The number of carbonyl (C=O) groups excluding carboxylic acids is 2. The Morgan fingerprint density at radius 1 is 0.920 bits per heavy atom. The van der Waals surface area contributed by atoms with Gasteiger partial charge in [0, 0.05) is 34.5 Å². The van der Waals surface area contributed by atoms with E-state index in [1.54, 1.807) is 11.3 Å². The molecule has 0 spiro atoms. The lowest BCUT2D eigenvalue weighted by atomic mass is 9.94. The van der Waals surface area contributed by atoms with Crippen molar-refractivity contribution in [2.24, 2.45) is 0 Å². The van der Waals surface area contributed by atoms with Crippen molar-refractivity contribution < 1.29 is 9.59 Å². The molecule has 2 amide bonds. The number of hydrogen-bond acceptors (Lipinski definition) is 4. The van der Waals surface area contributed by atoms with E-state index in [-0.39, 0.29) is 11.8 Å². The molecule has 1 aromatic heterocycles. The first-order chi connectivity index (χ1) is 12.3. The van der Waals surface area contributed by atoms with Gasteiger partial charge in [0.15, 0.2) is 0 Å². The van der Waals surface area contributed by atoms with Gasteiger partial charge in [0.1, 0.15) is 0 Å². The maximum absolute atomic E-state index is 12.8. The molecule has 0 bridgehead atoms. The fraction of sp³-hybridized carbons (Fsp3) is 0.200. The molecule has 0 unspecified atom stereocenters. The van der Waals surface area contributed by atoms with Crippen LogP contribution in [-0.4, -0.2) is 29.8 Å². The minimum Gasteiger partial charge on any atom is -0.312 e. The van der Waals surface area contributed by atoms with Crippen LogP contribution in [0.5, 0.6) is 0 Å². The van der Waals surface area contributed by atoms with Gasteiger partial charge in [-0.05, 0) is 41.9 Å². The maximum atomic E-state index is 12.8. The highest BCUT2D eigenvalue weighted by Gasteiger charge is 2.31. The van der Waals surface area contributed by atoms with Crippen molar-refractivity contribution in [1.29, 1.82) is 0 Å². The van der Waals surface area contributed by atoms with E-state index in [1.807, 2.05) is 42.5 Å². The predicted molar refractivity (Wildman–Crippen MR) is 100.0 cm³/mol. The summed E-state index contributed by atoms with van der Waals surface area (Å²) in [7, 11) is 0. The van der Waals surface area contributed by atoms with Gasteiger partial charge in [-0.1, -0.05) is 30.3 Å². The molecule has 1 N–H and O–H groups in total. The summed E-state index contributed by atoms with van der Waals surface area (Å²) in [5.41, 5.74) is 1.25. The molecule has 25 heavy (non-hydrogen) atoms. The van der Waals surface area contributed by atoms with E-state index in [0.29, 0.717) is 17.7 Å². The second-order valence-corrected chi connectivity index (χ2v) is 7.11. The minimum atomic E-state index is -0.187. The van der Waals surface area contributed by atoms with Gasteiger partial charge in [0.2, 0.25) is 0 Å². The van der Waals surface area contributed by atoms with Crippen LogP contribution in [0.15, 0.2) is 53.9 Å². The number of benzene rings is 2. The fourth-order valence-corrected chi connectivity index (χ4v) is 3.94. The molecule has 2 aromatic carbocycles. The number of thiophene rings is 1. The van der Waals surface area contributed by atoms with E-state index in [1.165, 1.54) is 9.78 Å². The van der Waals surface area contributed by atoms with Crippen LogP contribution in [0.1, 0.15) is 32.0 Å². The van der Waals surface area contributed by atoms with E-state index >= 15 is 0 Å². The molecule has 1 aliphatic rings. The number of imide groups is 1. The van der Waals surface area contributed by atoms with Gasteiger partial charge in [-0.15, -0.1) is 11.3 Å². The van der Waals surface area contributed by atoms with Crippen LogP contribution >= 0.6 is 11.3 Å². The van der Waals surface area contributed by atoms with Crippen molar-refractivity contribution in [3.05, 3.63) is 69.9 Å². The van der Waals surface area contributed by atoms with E-state index in [4.69, 9.17) is 0 Å². The molecule has 0 radical (unpaired) electrons. The van der Waals surface area contributed by atoms with Crippen molar-refractivity contribution in [3.8, 4) is 0 Å². The summed E-state index contributed by atoms with van der Waals surface area (Å²) in [6, 6.07) is 15.4. The molecule has 0 atom stereocenters. The zero-order chi connectivity index (χ0) is 17.2. The molecule has 0 saturated carbocycles. The molecule has 3 aromatic rings. The summed E-state index contributed by atoms with van der Waals surface area (Å²) in [6.07, 6.45) is 0.737. The van der Waals surface area contributed by atoms with E-state index < -0.39 is 0 Å². The summed E-state index contributed by atoms with van der Waals surface area (Å²) < 4.78 is 0. The molecule has 4 rings (SSSR count). The smallest absolute Gasteiger partial charge is 0.261 e. The van der Waals surface area contributed by atoms with E-state index in [2.05, 4.69) is 16.8 Å². The highest BCUT2D eigenvalue weighted by Crippen LogP contribution is 2.29. The Kier molecular flexibility index (Phi) is 4.34. The zero-order valence-electron chi connectivity index (χ0n) is 13.7. The minimum absolute atomic E-state index is 0.187. The number of carbonyl (C=O) groups is 2. The lowest BCUT2D eigenvalue weighted by Gasteiger charge is -2.27. The summed E-state index contributed by atoms with van der Waals surface area (Å²) >= 11 is 1.72. The van der Waals surface area contributed by atoms with Crippen LogP contribution in [0.3, 0.4) is 0 Å². The van der Waals surface area contributed by atoms with Crippen LogP contribution < -0.4 is 5.32 Å². The van der Waals surface area contributed by atoms with Gasteiger partial charge in [-0.2, -0.15) is 0 Å². The number of rotatable bonds is 6. The Morgan fingerprint density at radius 3 is 2.28 bits per heavy atom. The van der Waals surface area contributed by atoms with Crippen LogP contribution in [0.4, 0.5) is 0 Å². The molecule has 0 fully saturated rings. The third-order valence-corrected chi connectivity index (χ3v) is 5.35. The van der Waals surface area contributed by atoms with Crippen LogP contribution in [0.25, 0.3) is 10.8 Å². The summed E-state index contributed by atoms with van der Waals surface area (Å²) in [6.45, 7) is 2.02. The molecule has 5 heteroatoms. The second kappa shape index (κ2) is 6.78. The standard InChI is InChI=1S/C20H18N2O2S/c23-19-16-8-1-5-14-6-2-9-17(18(14)16)20(24)22(19)11-4-10-21-13-15-7-3-12-25-15/h1-3,5-9,12,21H,4,10-11,13H2. The molecule has 0 aliphatic carbocycles. The van der Waals surface area contributed by atoms with Crippen molar-refractivity contribution in [2.45, 2.75) is 13.0 Å². The Morgan fingerprint density at radius 2 is 1.64 bits per heavy atom. The third kappa shape index (κ3) is 2.97. The number of nitrogens with one attached hydrogen (secondary N) is 1. The first kappa shape index (κ1) is 16.0. The number of nitrogens with zero attached hydrogens (tertiary/aromatic N) is 1. The number of amides is 2. The van der Waals surface area contributed by atoms with Crippen molar-refractivity contribution in [1.82, 2.24) is 10.2 Å². The van der Waals surface area contributed by atoms with Gasteiger partial charge in [-0.25, -0.2) is 0 Å². The zero-order valence-corrected chi connectivity index (χ0v) is 14.5. The molecule has 126 valence electrons. The third-order valence-electron chi connectivity index (χ3n) is 4.47. The normalized spacial score (nSPS) is 13.7. The average Bonchev–Trinajstić information content (AvgIpc) is 3.15. The molecule has 0 saturated heterocycles. The second-order valence-electron chi connectivity index (χ2n) is 6.08. The van der Waals surface area contributed by atoms with Gasteiger partial charge in [-0.3, -0.25) is 14.5 Å². The van der Waals surface area contributed by atoms with Crippen LogP contribution in [-0.2, 0) is 6.54 Å². The van der Waals surface area contributed by atoms with Crippen LogP contribution in [0.2, 0.25) is 0 Å². The Balaban J connectivity index is 1.45. The van der Waals surface area contributed by atoms with Crippen molar-refractivity contribution in [3.63, 3.8) is 0 Å². The summed E-state index contributed by atoms with van der Waals surface area (Å²) in [5.74, 6) is -0.375. The topological polar surface area (TPSA) is 49.4 Å². The monoisotopic (exact) mass is 350 g/mol. The fourth-order valence-electron chi connectivity index (χ4n) is 3.27. The quantitative estimate of drug-likeness (QED) is 0.545. The predicted octanol–water partition coefficient (Wildman–Crippen LogP) is 3.68. The Bertz CT molecular complexity index is 883. The largest absolute Gasteiger partial charge is 0.312 e. The SMILES string of the molecule is O=C1c2cccc3cccc(c23)C(=O)N1CCCNCc1cccs1. The number of hydrogen-bond donors (Lipinski definition) is 1. The lowest BCUT2D eigenvalue weighted by Crippen LogP contribution is -2.41.